The molecule has 1 atom stereocenters. The molecule has 0 aromatic heterocycles. The predicted molar refractivity (Wildman–Crippen MR) is 81.4 cm³/mol. The van der Waals surface area contributed by atoms with E-state index in [-0.39, 0.29) is 12.0 Å². The lowest BCUT2D eigenvalue weighted by molar-refractivity contribution is -0.392. The molecular formula is C13H15N3O8. The van der Waals surface area contributed by atoms with Gasteiger partial charge in [0, 0.05) is 17.7 Å². The topological polar surface area (TPSA) is 173 Å². The van der Waals surface area contributed by atoms with Gasteiger partial charge in [0.2, 0.25) is 0 Å². The fraction of sp³-hybridized carbons (Fsp3) is 0.385. The summed E-state index contributed by atoms with van der Waals surface area (Å²) in [5.74, 6) is -2.72. The van der Waals surface area contributed by atoms with Crippen LogP contribution in [0, 0.1) is 27.2 Å². The van der Waals surface area contributed by atoms with Gasteiger partial charge in [-0.3, -0.25) is 25.0 Å². The lowest BCUT2D eigenvalue weighted by Crippen LogP contribution is -2.24. The molecule has 0 spiro atoms. The number of rotatable bonds is 8. The number of carboxylic acid groups (broad SMARTS) is 2. The Labute approximate surface area is 135 Å². The zero-order valence-electron chi connectivity index (χ0n) is 12.8. The number of hydrogen-bond donors (Lipinski definition) is 3. The lowest BCUT2D eigenvalue weighted by atomic mass is 10.0. The molecule has 24 heavy (non-hydrogen) atoms. The number of aliphatic carboxylic acids is 1. The van der Waals surface area contributed by atoms with Crippen LogP contribution in [0.5, 0.6) is 0 Å². The van der Waals surface area contributed by atoms with Crippen LogP contribution in [0.2, 0.25) is 0 Å². The van der Waals surface area contributed by atoms with E-state index < -0.39 is 56.9 Å². The van der Waals surface area contributed by atoms with E-state index in [0.29, 0.717) is 0 Å². The van der Waals surface area contributed by atoms with Crippen LogP contribution >= 0.6 is 0 Å². The molecule has 11 heteroatoms. The minimum absolute atomic E-state index is 0.236. The van der Waals surface area contributed by atoms with E-state index in [0.717, 1.165) is 13.0 Å². The van der Waals surface area contributed by atoms with E-state index in [2.05, 4.69) is 5.32 Å². The highest BCUT2D eigenvalue weighted by atomic mass is 16.6. The second-order valence-corrected chi connectivity index (χ2v) is 4.96. The maximum atomic E-state index is 11.3. The number of nitrogens with one attached hydrogen (secondary N) is 1. The van der Waals surface area contributed by atoms with Gasteiger partial charge in [-0.2, -0.15) is 0 Å². The van der Waals surface area contributed by atoms with E-state index in [4.69, 9.17) is 10.2 Å². The number of nitro benzene ring substituents is 2. The molecule has 0 amide bonds. The van der Waals surface area contributed by atoms with Crippen molar-refractivity contribution in [1.29, 1.82) is 0 Å². The standard InChI is InChI=1S/C13H15N3O8/c1-3-7(4-10(17)18)14-11-9(15(21)22)5-8(13(19)20)6(2)12(11)16(23)24/h5,7,14H,3-4H2,1-2H3,(H,17,18)(H,19,20). The molecule has 1 aromatic carbocycles. The van der Waals surface area contributed by atoms with Crippen LogP contribution in [0.1, 0.15) is 35.7 Å². The summed E-state index contributed by atoms with van der Waals surface area (Å²) in [7, 11) is 0. The average molecular weight is 341 g/mol. The molecule has 1 rings (SSSR count). The van der Waals surface area contributed by atoms with Gasteiger partial charge in [-0.15, -0.1) is 0 Å². The van der Waals surface area contributed by atoms with Gasteiger partial charge in [0.25, 0.3) is 5.69 Å². The Morgan fingerprint density at radius 3 is 2.21 bits per heavy atom. The van der Waals surface area contributed by atoms with E-state index in [1.165, 1.54) is 0 Å². The Hall–Kier alpha value is -3.24. The second-order valence-electron chi connectivity index (χ2n) is 4.96. The Bertz CT molecular complexity index is 716. The third kappa shape index (κ3) is 3.94. The summed E-state index contributed by atoms with van der Waals surface area (Å²) in [5, 5.41) is 42.9. The minimum Gasteiger partial charge on any atom is -0.481 e. The SMILES string of the molecule is CCC(CC(=O)O)Nc1c([N+](=O)[O-])cc(C(=O)O)c(C)c1[N+](=O)[O-]. The molecule has 0 fully saturated rings. The van der Waals surface area contributed by atoms with Crippen LogP contribution in [0.15, 0.2) is 6.07 Å². The van der Waals surface area contributed by atoms with Gasteiger partial charge in [-0.1, -0.05) is 6.92 Å². The Morgan fingerprint density at radius 2 is 1.83 bits per heavy atom. The second kappa shape index (κ2) is 7.35. The van der Waals surface area contributed by atoms with Crippen LogP contribution in [0.4, 0.5) is 17.1 Å². The highest BCUT2D eigenvalue weighted by Gasteiger charge is 2.33. The van der Waals surface area contributed by atoms with Crippen LogP contribution < -0.4 is 5.32 Å². The lowest BCUT2D eigenvalue weighted by Gasteiger charge is -2.17. The average Bonchev–Trinajstić information content (AvgIpc) is 2.44. The first-order chi connectivity index (χ1) is 11.1. The maximum absolute atomic E-state index is 11.3. The summed E-state index contributed by atoms with van der Waals surface area (Å²) >= 11 is 0. The number of aromatic carboxylic acids is 1. The van der Waals surface area contributed by atoms with Crippen molar-refractivity contribution in [1.82, 2.24) is 0 Å². The van der Waals surface area contributed by atoms with Crippen LogP contribution in [0.3, 0.4) is 0 Å². The summed E-state index contributed by atoms with van der Waals surface area (Å²) in [6.45, 7) is 2.77. The first kappa shape index (κ1) is 18.8. The van der Waals surface area contributed by atoms with Crippen molar-refractivity contribution in [3.63, 3.8) is 0 Å². The molecule has 0 aliphatic rings. The van der Waals surface area contributed by atoms with E-state index in [1.54, 1.807) is 6.92 Å². The van der Waals surface area contributed by atoms with Crippen LogP contribution in [0.25, 0.3) is 0 Å². The van der Waals surface area contributed by atoms with Crippen LogP contribution in [-0.4, -0.2) is 38.0 Å². The molecule has 0 heterocycles. The van der Waals surface area contributed by atoms with Gasteiger partial charge in [-0.05, 0) is 13.3 Å². The van der Waals surface area contributed by atoms with Gasteiger partial charge in [-0.25, -0.2) is 4.79 Å². The third-order valence-electron chi connectivity index (χ3n) is 3.41. The molecule has 0 aliphatic carbocycles. The van der Waals surface area contributed by atoms with E-state index in [1.807, 2.05) is 0 Å². The van der Waals surface area contributed by atoms with Crippen molar-refractivity contribution in [3.8, 4) is 0 Å². The van der Waals surface area contributed by atoms with Crippen molar-refractivity contribution in [2.24, 2.45) is 0 Å². The molecule has 1 aromatic rings. The van der Waals surface area contributed by atoms with Gasteiger partial charge in [0.15, 0.2) is 5.69 Å². The van der Waals surface area contributed by atoms with Gasteiger partial charge < -0.3 is 15.5 Å². The fourth-order valence-corrected chi connectivity index (χ4v) is 2.20. The summed E-state index contributed by atoms with van der Waals surface area (Å²) in [6.07, 6.45) is -0.176. The molecular weight excluding hydrogens is 326 g/mol. The number of hydrogen-bond acceptors (Lipinski definition) is 7. The van der Waals surface area contributed by atoms with Crippen molar-refractivity contribution < 1.29 is 29.6 Å². The summed E-state index contributed by atoms with van der Waals surface area (Å²) < 4.78 is 0. The number of benzene rings is 1. The first-order valence-corrected chi connectivity index (χ1v) is 6.78. The van der Waals surface area contributed by atoms with E-state index in [9.17, 15) is 29.8 Å². The largest absolute Gasteiger partial charge is 0.481 e. The number of anilines is 1. The van der Waals surface area contributed by atoms with Gasteiger partial charge in [0.1, 0.15) is 0 Å². The molecule has 0 saturated carbocycles. The zero-order chi connectivity index (χ0) is 18.6. The fourth-order valence-electron chi connectivity index (χ4n) is 2.20. The molecule has 1 unspecified atom stereocenters. The molecule has 0 radical (unpaired) electrons. The normalized spacial score (nSPS) is 11.6. The van der Waals surface area contributed by atoms with Gasteiger partial charge >= 0.3 is 17.6 Å². The summed E-state index contributed by atoms with van der Waals surface area (Å²) in [6, 6.07) is -0.0736. The molecule has 0 bridgehead atoms. The smallest absolute Gasteiger partial charge is 0.336 e. The number of carboxylic acids is 2. The maximum Gasteiger partial charge on any atom is 0.336 e. The summed E-state index contributed by atoms with van der Waals surface area (Å²) in [4.78, 5) is 42.6. The number of carbonyl (C=O) groups is 2. The van der Waals surface area contributed by atoms with Crippen LogP contribution in [-0.2, 0) is 4.79 Å². The highest BCUT2D eigenvalue weighted by Crippen LogP contribution is 2.40. The zero-order valence-corrected chi connectivity index (χ0v) is 12.8. The molecule has 11 nitrogen and oxygen atoms in total. The van der Waals surface area contributed by atoms with Crippen molar-refractivity contribution >= 4 is 29.0 Å². The molecule has 0 aliphatic heterocycles. The first-order valence-electron chi connectivity index (χ1n) is 6.78. The monoisotopic (exact) mass is 341 g/mol. The van der Waals surface area contributed by atoms with E-state index >= 15 is 0 Å². The molecule has 3 N–H and O–H groups in total. The van der Waals surface area contributed by atoms with Crippen molar-refractivity contribution in [2.45, 2.75) is 32.7 Å². The quantitative estimate of drug-likeness (QED) is 0.473. The van der Waals surface area contributed by atoms with Crippen molar-refractivity contribution in [2.75, 3.05) is 5.32 Å². The Balaban J connectivity index is 3.63. The molecule has 0 saturated heterocycles. The Morgan fingerprint density at radius 1 is 1.25 bits per heavy atom. The highest BCUT2D eigenvalue weighted by molar-refractivity contribution is 5.95. The summed E-state index contributed by atoms with van der Waals surface area (Å²) in [5.41, 5.74) is -2.88. The minimum atomic E-state index is -1.54. The Kier molecular flexibility index (Phi) is 5.76. The molecule has 130 valence electrons. The predicted octanol–water partition coefficient (Wildman–Crippen LogP) is 2.17. The van der Waals surface area contributed by atoms with Gasteiger partial charge in [0.05, 0.1) is 21.8 Å². The third-order valence-corrected chi connectivity index (χ3v) is 3.41. The number of nitrogens with zero attached hydrogens (tertiary/aromatic N) is 2. The van der Waals surface area contributed by atoms with Crippen molar-refractivity contribution in [3.05, 3.63) is 37.4 Å². The number of nitro groups is 2.